The van der Waals surface area contributed by atoms with E-state index in [0.717, 1.165) is 15.6 Å². The molecular weight excluding hydrogens is 215 g/mol. The number of benzene rings is 1. The van der Waals surface area contributed by atoms with Crippen LogP contribution in [0.25, 0.3) is 0 Å². The molecule has 0 radical (unpaired) electrons. The van der Waals surface area contributed by atoms with Crippen LogP contribution >= 0.6 is 15.9 Å². The Kier molecular flexibility index (Phi) is 5.65. The summed E-state index contributed by atoms with van der Waals surface area (Å²) in [5, 5.41) is 8.82. The van der Waals surface area contributed by atoms with Crippen molar-refractivity contribution in [1.29, 1.82) is 0 Å². The van der Waals surface area contributed by atoms with E-state index < -0.39 is 0 Å². The quantitative estimate of drug-likeness (QED) is 0.631. The average Bonchev–Trinajstić information content (AvgIpc) is 1.95. The molecule has 0 saturated heterocycles. The van der Waals surface area contributed by atoms with Crippen LogP contribution < -0.4 is 29.6 Å². The van der Waals surface area contributed by atoms with E-state index in [2.05, 4.69) is 15.9 Å². The maximum atomic E-state index is 8.82. The fraction of sp³-hybridized carbons (Fsp3) is 0.250. The Hall–Kier alpha value is 0.660. The van der Waals surface area contributed by atoms with Gasteiger partial charge < -0.3 is 6.53 Å². The third kappa shape index (κ3) is 2.88. The Morgan fingerprint density at radius 1 is 1.55 bits per heavy atom. The first-order chi connectivity index (χ1) is 4.75. The van der Waals surface area contributed by atoms with Gasteiger partial charge in [-0.3, -0.25) is 0 Å². The predicted octanol–water partition coefficient (Wildman–Crippen LogP) is -0.634. The molecule has 0 aliphatic carbocycles. The number of hydrogen-bond donors (Lipinski definition) is 1. The first-order valence-corrected chi connectivity index (χ1v) is 3.90. The molecule has 0 aliphatic heterocycles. The predicted molar refractivity (Wildman–Crippen MR) is 45.9 cm³/mol. The molecule has 0 unspecified atom stereocenters. The number of aliphatic hydroxyl groups is 1. The molecule has 1 nitrogen and oxygen atoms in total. The Bertz CT molecular complexity index is 242. The number of hydrogen-bond acceptors (Lipinski definition) is 1. The van der Waals surface area contributed by atoms with Gasteiger partial charge in [0.2, 0.25) is 0 Å². The van der Waals surface area contributed by atoms with Crippen LogP contribution in [0.2, 0.25) is 0 Å². The third-order valence-corrected chi connectivity index (χ3v) is 2.41. The van der Waals surface area contributed by atoms with Crippen molar-refractivity contribution >= 4 is 15.9 Å². The molecule has 0 heterocycles. The number of rotatable bonds is 1. The van der Waals surface area contributed by atoms with Crippen molar-refractivity contribution in [3.8, 4) is 0 Å². The van der Waals surface area contributed by atoms with Gasteiger partial charge in [-0.25, -0.2) is 0 Å². The first-order valence-electron chi connectivity index (χ1n) is 3.10. The fourth-order valence-electron chi connectivity index (χ4n) is 0.823. The molecule has 1 N–H and O–H groups in total. The van der Waals surface area contributed by atoms with E-state index in [9.17, 15) is 0 Å². The molecule has 0 fully saturated rings. The van der Waals surface area contributed by atoms with Gasteiger partial charge in [-0.05, 0) is 24.1 Å². The smallest absolute Gasteiger partial charge is 1.00 e. The van der Waals surface area contributed by atoms with Crippen LogP contribution in [-0.4, -0.2) is 5.11 Å². The largest absolute Gasteiger partial charge is 1.00 e. The van der Waals surface area contributed by atoms with Crippen LogP contribution in [0.4, 0.5) is 0 Å². The molecule has 3 heteroatoms. The third-order valence-electron chi connectivity index (χ3n) is 1.55. The van der Waals surface area contributed by atoms with Crippen LogP contribution in [0.1, 0.15) is 12.6 Å². The first kappa shape index (κ1) is 11.7. The summed E-state index contributed by atoms with van der Waals surface area (Å²) in [6, 6.07) is 5.80. The number of halogens is 1. The van der Waals surface area contributed by atoms with Crippen molar-refractivity contribution < 1.29 is 36.1 Å². The van der Waals surface area contributed by atoms with E-state index in [4.69, 9.17) is 5.11 Å². The fourth-order valence-corrected chi connectivity index (χ4v) is 1.23. The number of aliphatic hydroxyl groups excluding tert-OH is 1. The van der Waals surface area contributed by atoms with Gasteiger partial charge in [0.15, 0.2) is 0 Å². The Morgan fingerprint density at radius 3 is 2.64 bits per heavy atom. The summed E-state index contributed by atoms with van der Waals surface area (Å²) in [4.78, 5) is 0. The molecule has 0 bridgehead atoms. The van der Waals surface area contributed by atoms with Crippen molar-refractivity contribution in [3.05, 3.63) is 33.8 Å². The van der Waals surface area contributed by atoms with Crippen LogP contribution in [0.15, 0.2) is 22.7 Å². The van der Waals surface area contributed by atoms with E-state index in [1.165, 1.54) is 0 Å². The van der Waals surface area contributed by atoms with E-state index in [0.29, 0.717) is 0 Å². The molecule has 0 saturated carbocycles. The molecule has 0 amide bonds. The van der Waals surface area contributed by atoms with Gasteiger partial charge in [0, 0.05) is 4.47 Å². The molecule has 56 valence electrons. The second-order valence-corrected chi connectivity index (χ2v) is 3.04. The molecular formula is C8H10BrNaO. The minimum atomic E-state index is 0. The minimum Gasteiger partial charge on any atom is -1.00 e. The minimum absolute atomic E-state index is 0. The van der Waals surface area contributed by atoms with Crippen molar-refractivity contribution in [2.45, 2.75) is 13.5 Å². The van der Waals surface area contributed by atoms with E-state index in [1.807, 2.05) is 25.1 Å². The monoisotopic (exact) mass is 224 g/mol. The van der Waals surface area contributed by atoms with Gasteiger partial charge in [0.05, 0.1) is 6.61 Å². The van der Waals surface area contributed by atoms with Crippen LogP contribution in [0, 0.1) is 6.92 Å². The van der Waals surface area contributed by atoms with Crippen molar-refractivity contribution in [2.75, 3.05) is 0 Å². The van der Waals surface area contributed by atoms with Gasteiger partial charge in [0.1, 0.15) is 0 Å². The molecule has 0 spiro atoms. The molecule has 1 rings (SSSR count). The molecule has 0 aromatic heterocycles. The molecule has 1 aromatic rings. The summed E-state index contributed by atoms with van der Waals surface area (Å²) in [6.07, 6.45) is 0. The molecule has 1 aromatic carbocycles. The maximum absolute atomic E-state index is 8.82. The Balaban J connectivity index is 0. The van der Waals surface area contributed by atoms with Crippen LogP contribution in [0.5, 0.6) is 0 Å². The van der Waals surface area contributed by atoms with Crippen molar-refractivity contribution in [1.82, 2.24) is 0 Å². The zero-order valence-corrected chi connectivity index (χ0v) is 10.4. The second-order valence-electron chi connectivity index (χ2n) is 2.18. The Labute approximate surface area is 98.7 Å². The summed E-state index contributed by atoms with van der Waals surface area (Å²) in [5.41, 5.74) is 2.10. The van der Waals surface area contributed by atoms with Gasteiger partial charge >= 0.3 is 29.6 Å². The molecule has 0 atom stereocenters. The Morgan fingerprint density at radius 2 is 2.18 bits per heavy atom. The normalized spacial score (nSPS) is 9.00. The van der Waals surface area contributed by atoms with Crippen molar-refractivity contribution in [3.63, 3.8) is 0 Å². The summed E-state index contributed by atoms with van der Waals surface area (Å²) in [7, 11) is 0. The SMILES string of the molecule is Cc1c(Br)cccc1CO.[H-].[Na+]. The standard InChI is InChI=1S/C8H9BrO.Na.H/c1-6-7(5-10)3-2-4-8(6)9;;/h2-4,10H,5H2,1H3;;/q;+1;-1. The van der Waals surface area contributed by atoms with Gasteiger partial charge in [-0.15, -0.1) is 0 Å². The van der Waals surface area contributed by atoms with Crippen molar-refractivity contribution in [2.24, 2.45) is 0 Å². The second kappa shape index (κ2) is 5.33. The summed E-state index contributed by atoms with van der Waals surface area (Å²) in [5.74, 6) is 0. The summed E-state index contributed by atoms with van der Waals surface area (Å²) in [6.45, 7) is 2.10. The zero-order valence-electron chi connectivity index (χ0n) is 7.76. The zero-order chi connectivity index (χ0) is 7.56. The van der Waals surface area contributed by atoms with Crippen LogP contribution in [0.3, 0.4) is 0 Å². The van der Waals surface area contributed by atoms with Gasteiger partial charge in [-0.2, -0.15) is 0 Å². The van der Waals surface area contributed by atoms with E-state index >= 15 is 0 Å². The molecule has 11 heavy (non-hydrogen) atoms. The summed E-state index contributed by atoms with van der Waals surface area (Å²) < 4.78 is 1.05. The molecule has 0 aliphatic rings. The maximum Gasteiger partial charge on any atom is 1.00 e. The van der Waals surface area contributed by atoms with Gasteiger partial charge in [-0.1, -0.05) is 28.1 Å². The van der Waals surface area contributed by atoms with Crippen LogP contribution in [-0.2, 0) is 6.61 Å². The van der Waals surface area contributed by atoms with E-state index in [-0.39, 0.29) is 37.6 Å². The van der Waals surface area contributed by atoms with Gasteiger partial charge in [0.25, 0.3) is 0 Å². The summed E-state index contributed by atoms with van der Waals surface area (Å²) >= 11 is 3.38. The van der Waals surface area contributed by atoms with E-state index in [1.54, 1.807) is 0 Å². The average molecular weight is 225 g/mol. The topological polar surface area (TPSA) is 20.2 Å².